The Morgan fingerprint density at radius 3 is 1.37 bits per heavy atom. The number of aryl methyl sites for hydroxylation is 1. The monoisotopic (exact) mass is 482 g/mol. The molecule has 0 radical (unpaired) electrons. The molecule has 1 unspecified atom stereocenters. The highest BCUT2D eigenvalue weighted by Gasteiger charge is 2.23. The second-order valence-corrected chi connectivity index (χ2v) is 12.1. The number of benzene rings is 4. The zero-order valence-corrected chi connectivity index (χ0v) is 22.3. The molecule has 0 fully saturated rings. The Morgan fingerprint density at radius 1 is 0.543 bits per heavy atom. The van der Waals surface area contributed by atoms with Crippen LogP contribution in [0.4, 0.5) is 0 Å². The zero-order valence-electron chi connectivity index (χ0n) is 21.5. The van der Waals surface area contributed by atoms with Crippen molar-refractivity contribution in [2.75, 3.05) is 0 Å². The van der Waals surface area contributed by atoms with Gasteiger partial charge in [0.15, 0.2) is 0 Å². The molecule has 180 valence electrons. The van der Waals surface area contributed by atoms with Crippen LogP contribution in [0.15, 0.2) is 107 Å². The second-order valence-electron chi connectivity index (χ2n) is 10.6. The maximum Gasteiger partial charge on any atom is 0.127 e. The predicted molar refractivity (Wildman–Crippen MR) is 146 cm³/mol. The van der Waals surface area contributed by atoms with E-state index in [1.165, 1.54) is 22.3 Å². The molecule has 0 amide bonds. The molecule has 4 aromatic carbocycles. The largest absolute Gasteiger partial charge is 0.457 e. The Labute approximate surface area is 212 Å². The highest BCUT2D eigenvalue weighted by molar-refractivity contribution is 7.85. The molecule has 0 bridgehead atoms. The van der Waals surface area contributed by atoms with Gasteiger partial charge in [-0.25, -0.2) is 4.21 Å². The van der Waals surface area contributed by atoms with Crippen molar-refractivity contribution >= 4 is 10.8 Å². The van der Waals surface area contributed by atoms with Gasteiger partial charge in [-0.1, -0.05) is 88.7 Å². The molecule has 0 aromatic heterocycles. The Kier molecular flexibility index (Phi) is 7.00. The van der Waals surface area contributed by atoms with E-state index in [2.05, 4.69) is 90.1 Å². The molecule has 0 heterocycles. The van der Waals surface area contributed by atoms with E-state index in [-0.39, 0.29) is 10.8 Å². The lowest BCUT2D eigenvalue weighted by molar-refractivity contribution is 0.481. The van der Waals surface area contributed by atoms with Gasteiger partial charge in [-0.15, -0.1) is 0 Å². The summed E-state index contributed by atoms with van der Waals surface area (Å²) in [4.78, 5) is 1.56. The van der Waals surface area contributed by atoms with Crippen molar-refractivity contribution in [1.82, 2.24) is 0 Å². The third-order valence-corrected chi connectivity index (χ3v) is 7.96. The summed E-state index contributed by atoms with van der Waals surface area (Å²) in [5.74, 6) is 1.50. The molecule has 0 spiro atoms. The van der Waals surface area contributed by atoms with Crippen LogP contribution in [0.1, 0.15) is 56.9 Å². The molecule has 0 saturated heterocycles. The van der Waals surface area contributed by atoms with E-state index in [4.69, 9.17) is 4.74 Å². The summed E-state index contributed by atoms with van der Waals surface area (Å²) in [7, 11) is -1.23. The molecule has 2 nitrogen and oxygen atoms in total. The average Bonchev–Trinajstić information content (AvgIpc) is 2.84. The molecule has 0 N–H and O–H groups in total. The molecule has 0 saturated carbocycles. The lowest BCUT2D eigenvalue weighted by atomic mass is 9.78. The summed E-state index contributed by atoms with van der Waals surface area (Å²) < 4.78 is 19.1. The highest BCUT2D eigenvalue weighted by Crippen LogP contribution is 2.33. The standard InChI is InChI=1S/C32H34O2S/c1-23-7-9-25(10-8-23)32(5,6)26-11-15-27(16-12-26)34-28-17-21-30(22-18-28)35(33)29-19-13-24(14-20-29)31(2,3)4/h7-22H,1-6H3. The SMILES string of the molecule is Cc1ccc(C(C)(C)c2ccc(Oc3ccc(S(=O)c4ccc(C(C)(C)C)cc4)cc3)cc2)cc1. The van der Waals surface area contributed by atoms with Gasteiger partial charge in [0.05, 0.1) is 10.8 Å². The summed E-state index contributed by atoms with van der Waals surface area (Å²) >= 11 is 0. The molecule has 0 aliphatic carbocycles. The smallest absolute Gasteiger partial charge is 0.127 e. The zero-order chi connectivity index (χ0) is 25.2. The van der Waals surface area contributed by atoms with Crippen LogP contribution in [0.3, 0.4) is 0 Å². The van der Waals surface area contributed by atoms with Gasteiger partial charge in [0, 0.05) is 15.2 Å². The quantitative estimate of drug-likeness (QED) is 0.275. The van der Waals surface area contributed by atoms with Crippen molar-refractivity contribution in [3.63, 3.8) is 0 Å². The van der Waals surface area contributed by atoms with Crippen molar-refractivity contribution < 1.29 is 8.95 Å². The molecular weight excluding hydrogens is 448 g/mol. The number of hydrogen-bond donors (Lipinski definition) is 0. The maximum atomic E-state index is 13.0. The van der Waals surface area contributed by atoms with Crippen LogP contribution < -0.4 is 4.74 Å². The van der Waals surface area contributed by atoms with Crippen LogP contribution >= 0.6 is 0 Å². The van der Waals surface area contributed by atoms with Crippen molar-refractivity contribution in [3.8, 4) is 11.5 Å². The van der Waals surface area contributed by atoms with E-state index in [0.29, 0.717) is 0 Å². The lowest BCUT2D eigenvalue weighted by Crippen LogP contribution is -2.18. The van der Waals surface area contributed by atoms with Gasteiger partial charge in [-0.05, 0) is 77.6 Å². The highest BCUT2D eigenvalue weighted by atomic mass is 32.2. The van der Waals surface area contributed by atoms with Crippen molar-refractivity contribution in [1.29, 1.82) is 0 Å². The summed E-state index contributed by atoms with van der Waals surface area (Å²) in [6, 6.07) is 32.5. The third kappa shape index (κ3) is 5.74. The predicted octanol–water partition coefficient (Wildman–Crippen LogP) is 8.58. The first-order chi connectivity index (χ1) is 16.5. The second kappa shape index (κ2) is 9.83. The van der Waals surface area contributed by atoms with Gasteiger partial charge in [-0.3, -0.25) is 0 Å². The third-order valence-electron chi connectivity index (χ3n) is 6.56. The molecule has 4 rings (SSSR count). The van der Waals surface area contributed by atoms with E-state index in [1.807, 2.05) is 48.5 Å². The molecule has 3 heteroatoms. The van der Waals surface area contributed by atoms with Gasteiger partial charge in [-0.2, -0.15) is 0 Å². The molecule has 0 aliphatic rings. The average molecular weight is 483 g/mol. The first kappa shape index (κ1) is 24.9. The summed E-state index contributed by atoms with van der Waals surface area (Å²) in [6.07, 6.45) is 0. The van der Waals surface area contributed by atoms with Crippen LogP contribution in [0.2, 0.25) is 0 Å². The van der Waals surface area contributed by atoms with E-state index in [0.717, 1.165) is 21.3 Å². The molecule has 35 heavy (non-hydrogen) atoms. The fourth-order valence-electron chi connectivity index (χ4n) is 4.06. The van der Waals surface area contributed by atoms with Crippen molar-refractivity contribution in [3.05, 3.63) is 119 Å². The van der Waals surface area contributed by atoms with E-state index >= 15 is 0 Å². The van der Waals surface area contributed by atoms with Crippen LogP contribution in [-0.2, 0) is 21.6 Å². The van der Waals surface area contributed by atoms with Crippen LogP contribution in [-0.4, -0.2) is 4.21 Å². The molecular formula is C32H34O2S. The normalized spacial score (nSPS) is 12.9. The maximum absolute atomic E-state index is 13.0. The summed E-state index contributed by atoms with van der Waals surface area (Å²) in [5.41, 5.74) is 5.00. The fraction of sp³-hybridized carbons (Fsp3) is 0.250. The van der Waals surface area contributed by atoms with Crippen molar-refractivity contribution in [2.45, 2.75) is 62.2 Å². The number of rotatable bonds is 6. The number of hydrogen-bond acceptors (Lipinski definition) is 2. The Balaban J connectivity index is 1.44. The fourth-order valence-corrected chi connectivity index (χ4v) is 5.10. The minimum atomic E-state index is -1.23. The van der Waals surface area contributed by atoms with Crippen LogP contribution in [0.5, 0.6) is 11.5 Å². The molecule has 0 aliphatic heterocycles. The summed E-state index contributed by atoms with van der Waals surface area (Å²) in [5, 5.41) is 0. The Bertz CT molecular complexity index is 1290. The van der Waals surface area contributed by atoms with Crippen molar-refractivity contribution in [2.24, 2.45) is 0 Å². The first-order valence-corrected chi connectivity index (χ1v) is 13.2. The van der Waals surface area contributed by atoms with Gasteiger partial charge < -0.3 is 4.74 Å². The van der Waals surface area contributed by atoms with E-state index < -0.39 is 10.8 Å². The topological polar surface area (TPSA) is 26.3 Å². The minimum Gasteiger partial charge on any atom is -0.457 e. The van der Waals surface area contributed by atoms with E-state index in [9.17, 15) is 4.21 Å². The van der Waals surface area contributed by atoms with Gasteiger partial charge >= 0.3 is 0 Å². The summed E-state index contributed by atoms with van der Waals surface area (Å²) in [6.45, 7) is 13.1. The molecule has 4 aromatic rings. The first-order valence-electron chi connectivity index (χ1n) is 12.0. The van der Waals surface area contributed by atoms with Gasteiger partial charge in [0.1, 0.15) is 11.5 Å². The Hall–Kier alpha value is -3.17. The Morgan fingerprint density at radius 2 is 0.914 bits per heavy atom. The van der Waals surface area contributed by atoms with Gasteiger partial charge in [0.25, 0.3) is 0 Å². The van der Waals surface area contributed by atoms with Gasteiger partial charge in [0.2, 0.25) is 0 Å². The van der Waals surface area contributed by atoms with Crippen LogP contribution in [0.25, 0.3) is 0 Å². The minimum absolute atomic E-state index is 0.0770. The lowest BCUT2D eigenvalue weighted by Gasteiger charge is -2.26. The molecule has 1 atom stereocenters. The number of ether oxygens (including phenoxy) is 1. The van der Waals surface area contributed by atoms with Crippen LogP contribution in [0, 0.1) is 6.92 Å². The van der Waals surface area contributed by atoms with E-state index in [1.54, 1.807) is 0 Å².